The van der Waals surface area contributed by atoms with E-state index in [9.17, 15) is 18.0 Å². The fourth-order valence-electron chi connectivity index (χ4n) is 4.91. The summed E-state index contributed by atoms with van der Waals surface area (Å²) >= 11 is 0. The highest BCUT2D eigenvalue weighted by atomic mass is 32.2. The molecule has 3 heterocycles. The molecule has 5 rings (SSSR count). The smallest absolute Gasteiger partial charge is 0.265 e. The van der Waals surface area contributed by atoms with Gasteiger partial charge in [-0.05, 0) is 56.4 Å². The number of benzene rings is 2. The summed E-state index contributed by atoms with van der Waals surface area (Å²) in [6, 6.07) is 11.0. The summed E-state index contributed by atoms with van der Waals surface area (Å²) in [6.07, 6.45) is 1.41. The Morgan fingerprint density at radius 1 is 1.18 bits per heavy atom. The lowest BCUT2D eigenvalue weighted by atomic mass is 9.98. The molecular weight excluding hydrogens is 442 g/mol. The molecule has 2 atom stereocenters. The van der Waals surface area contributed by atoms with Crippen molar-refractivity contribution in [1.82, 2.24) is 4.31 Å². The van der Waals surface area contributed by atoms with E-state index in [4.69, 9.17) is 4.74 Å². The van der Waals surface area contributed by atoms with Gasteiger partial charge in [0.15, 0.2) is 6.10 Å². The predicted octanol–water partition coefficient (Wildman–Crippen LogP) is 2.70. The van der Waals surface area contributed by atoms with Gasteiger partial charge in [0.05, 0.1) is 16.5 Å². The van der Waals surface area contributed by atoms with Crippen molar-refractivity contribution in [3.05, 3.63) is 47.5 Å². The maximum atomic E-state index is 13.6. The molecule has 3 aliphatic heterocycles. The molecular formula is C24H27N3O5S. The van der Waals surface area contributed by atoms with Crippen molar-refractivity contribution in [3.8, 4) is 5.75 Å². The number of amides is 2. The van der Waals surface area contributed by atoms with Crippen molar-refractivity contribution in [3.63, 3.8) is 0 Å². The van der Waals surface area contributed by atoms with E-state index in [0.29, 0.717) is 42.9 Å². The summed E-state index contributed by atoms with van der Waals surface area (Å²) in [6.45, 7) is 4.47. The summed E-state index contributed by atoms with van der Waals surface area (Å²) in [5, 5.41) is 2.75. The molecule has 2 aromatic carbocycles. The number of carbonyl (C=O) groups is 2. The second kappa shape index (κ2) is 8.14. The Kier molecular flexibility index (Phi) is 5.41. The number of carbonyl (C=O) groups excluding carboxylic acids is 2. The second-order valence-electron chi connectivity index (χ2n) is 8.93. The van der Waals surface area contributed by atoms with Gasteiger partial charge in [-0.1, -0.05) is 18.2 Å². The van der Waals surface area contributed by atoms with Gasteiger partial charge in [-0.3, -0.25) is 9.59 Å². The predicted molar refractivity (Wildman–Crippen MR) is 124 cm³/mol. The Hall–Kier alpha value is -2.91. The van der Waals surface area contributed by atoms with E-state index in [1.165, 1.54) is 10.4 Å². The number of rotatable bonds is 3. The third kappa shape index (κ3) is 3.79. The second-order valence-corrected chi connectivity index (χ2v) is 10.8. The van der Waals surface area contributed by atoms with Crippen LogP contribution in [0.1, 0.15) is 30.9 Å². The number of nitrogens with zero attached hydrogens (tertiary/aromatic N) is 2. The molecule has 8 nitrogen and oxygen atoms in total. The topological polar surface area (TPSA) is 96.0 Å². The Labute approximate surface area is 193 Å². The number of hydrogen-bond acceptors (Lipinski definition) is 5. The molecule has 3 aliphatic rings. The molecule has 0 bridgehead atoms. The number of hydrogen-bond donors (Lipinski definition) is 1. The van der Waals surface area contributed by atoms with Gasteiger partial charge in [0.25, 0.3) is 5.91 Å². The first-order valence-corrected chi connectivity index (χ1v) is 12.7. The van der Waals surface area contributed by atoms with Crippen molar-refractivity contribution >= 4 is 33.2 Å². The molecule has 2 amide bonds. The normalized spacial score (nSPS) is 22.8. The third-order valence-electron chi connectivity index (χ3n) is 6.71. The van der Waals surface area contributed by atoms with Crippen LogP contribution in [0.4, 0.5) is 11.4 Å². The number of fused-ring (bicyclic) bond motifs is 2. The molecule has 1 N–H and O–H groups in total. The van der Waals surface area contributed by atoms with Gasteiger partial charge < -0.3 is 15.0 Å². The van der Waals surface area contributed by atoms with E-state index in [1.807, 2.05) is 24.3 Å². The highest BCUT2D eigenvalue weighted by Gasteiger charge is 2.38. The average molecular weight is 470 g/mol. The zero-order chi connectivity index (χ0) is 23.3. The molecule has 9 heteroatoms. The quantitative estimate of drug-likeness (QED) is 0.746. The summed E-state index contributed by atoms with van der Waals surface area (Å²) in [4.78, 5) is 27.2. The molecule has 2 aromatic rings. The number of anilines is 2. The highest BCUT2D eigenvalue weighted by Crippen LogP contribution is 2.37. The van der Waals surface area contributed by atoms with Gasteiger partial charge in [0, 0.05) is 31.4 Å². The Morgan fingerprint density at radius 3 is 2.79 bits per heavy atom. The van der Waals surface area contributed by atoms with Gasteiger partial charge in [0.2, 0.25) is 15.9 Å². The zero-order valence-electron chi connectivity index (χ0n) is 18.7. The molecule has 1 saturated heterocycles. The fraction of sp³-hybridized carbons (Fsp3) is 0.417. The molecule has 33 heavy (non-hydrogen) atoms. The zero-order valence-corrected chi connectivity index (χ0v) is 19.5. The van der Waals surface area contributed by atoms with Crippen molar-refractivity contribution in [1.29, 1.82) is 0 Å². The van der Waals surface area contributed by atoms with Crippen LogP contribution >= 0.6 is 0 Å². The summed E-state index contributed by atoms with van der Waals surface area (Å²) in [5.41, 5.74) is 3.07. The maximum Gasteiger partial charge on any atom is 0.265 e. The van der Waals surface area contributed by atoms with Crippen molar-refractivity contribution < 1.29 is 22.7 Å². The third-order valence-corrected chi connectivity index (χ3v) is 8.72. The monoisotopic (exact) mass is 469 g/mol. The summed E-state index contributed by atoms with van der Waals surface area (Å²) in [5.74, 6) is -0.321. The van der Waals surface area contributed by atoms with Crippen LogP contribution in [0.25, 0.3) is 0 Å². The SMILES string of the molecule is Cc1cc2c(cc1S(=O)(=O)N1CCC[C@H](C(=O)N3CCc4ccccc43)C1)O[C@H](C)C(=O)N2. The average Bonchev–Trinajstić information content (AvgIpc) is 3.23. The molecule has 0 spiro atoms. The molecule has 174 valence electrons. The molecule has 0 unspecified atom stereocenters. The van der Waals surface area contributed by atoms with Crippen LogP contribution in [-0.2, 0) is 26.0 Å². The lowest BCUT2D eigenvalue weighted by Gasteiger charge is -2.34. The number of para-hydroxylation sites is 1. The van der Waals surface area contributed by atoms with E-state index in [0.717, 1.165) is 17.7 Å². The molecule has 0 aromatic heterocycles. The highest BCUT2D eigenvalue weighted by molar-refractivity contribution is 7.89. The van der Waals surface area contributed by atoms with E-state index >= 15 is 0 Å². The lowest BCUT2D eigenvalue weighted by Crippen LogP contribution is -2.46. The number of sulfonamides is 1. The lowest BCUT2D eigenvalue weighted by molar-refractivity contribution is -0.123. The number of piperidine rings is 1. The number of aryl methyl sites for hydroxylation is 1. The van der Waals surface area contributed by atoms with Crippen molar-refractivity contribution in [2.24, 2.45) is 5.92 Å². The van der Waals surface area contributed by atoms with Crippen LogP contribution in [0.3, 0.4) is 0 Å². The van der Waals surface area contributed by atoms with E-state index in [1.54, 1.807) is 24.8 Å². The molecule has 0 aliphatic carbocycles. The minimum Gasteiger partial charge on any atom is -0.479 e. The van der Waals surface area contributed by atoms with Gasteiger partial charge in [-0.25, -0.2) is 8.42 Å². The number of ether oxygens (including phenoxy) is 1. The van der Waals surface area contributed by atoms with Crippen LogP contribution in [0, 0.1) is 12.8 Å². The van der Waals surface area contributed by atoms with E-state index < -0.39 is 16.1 Å². The van der Waals surface area contributed by atoms with Gasteiger partial charge in [0.1, 0.15) is 5.75 Å². The first-order valence-electron chi connectivity index (χ1n) is 11.3. The van der Waals surface area contributed by atoms with Crippen LogP contribution < -0.4 is 15.0 Å². The Bertz CT molecular complexity index is 1240. The Morgan fingerprint density at radius 2 is 1.97 bits per heavy atom. The fourth-order valence-corrected chi connectivity index (χ4v) is 6.66. The minimum absolute atomic E-state index is 0.0121. The van der Waals surface area contributed by atoms with Crippen LogP contribution in [-0.4, -0.2) is 50.3 Å². The van der Waals surface area contributed by atoms with Gasteiger partial charge >= 0.3 is 0 Å². The first-order chi connectivity index (χ1) is 15.8. The molecule has 0 saturated carbocycles. The first kappa shape index (κ1) is 21.9. The molecule has 0 radical (unpaired) electrons. The van der Waals surface area contributed by atoms with Crippen LogP contribution in [0.2, 0.25) is 0 Å². The molecule has 1 fully saturated rings. The van der Waals surface area contributed by atoms with E-state index in [-0.39, 0.29) is 29.2 Å². The largest absolute Gasteiger partial charge is 0.479 e. The van der Waals surface area contributed by atoms with Crippen molar-refractivity contribution in [2.75, 3.05) is 29.9 Å². The van der Waals surface area contributed by atoms with Crippen LogP contribution in [0.5, 0.6) is 5.75 Å². The van der Waals surface area contributed by atoms with Crippen molar-refractivity contribution in [2.45, 2.75) is 44.1 Å². The standard InChI is InChI=1S/C24H27N3O5S/c1-15-12-19-21(32-16(2)23(28)25-19)13-22(15)33(30,31)26-10-5-7-18(14-26)24(29)27-11-9-17-6-3-4-8-20(17)27/h3-4,6,8,12-13,16,18H,5,7,9-11,14H2,1-2H3,(H,25,28)/t16-,18+/m1/s1. The van der Waals surface area contributed by atoms with Crippen LogP contribution in [0.15, 0.2) is 41.3 Å². The van der Waals surface area contributed by atoms with Gasteiger partial charge in [-0.15, -0.1) is 0 Å². The summed E-state index contributed by atoms with van der Waals surface area (Å²) < 4.78 is 34.2. The summed E-state index contributed by atoms with van der Waals surface area (Å²) in [7, 11) is -3.84. The minimum atomic E-state index is -3.84. The number of nitrogens with one attached hydrogen (secondary N) is 1. The van der Waals surface area contributed by atoms with E-state index in [2.05, 4.69) is 5.32 Å². The Balaban J connectivity index is 1.39. The maximum absolute atomic E-state index is 13.6. The van der Waals surface area contributed by atoms with Gasteiger partial charge in [-0.2, -0.15) is 4.31 Å².